The summed E-state index contributed by atoms with van der Waals surface area (Å²) in [5.41, 5.74) is 2.48. The fourth-order valence-corrected chi connectivity index (χ4v) is 6.05. The van der Waals surface area contributed by atoms with Gasteiger partial charge in [-0.05, 0) is 35.7 Å². The van der Waals surface area contributed by atoms with Crippen molar-refractivity contribution in [2.24, 2.45) is 11.8 Å². The molecule has 2 amide bonds. The average Bonchev–Trinajstić information content (AvgIpc) is 3.67. The lowest BCUT2D eigenvalue weighted by Crippen LogP contribution is -2.44. The van der Waals surface area contributed by atoms with Gasteiger partial charge in [0.05, 0.1) is 24.5 Å². The third-order valence-corrected chi connectivity index (χ3v) is 7.66. The number of aromatic nitrogens is 1. The van der Waals surface area contributed by atoms with Gasteiger partial charge in [-0.2, -0.15) is 0 Å². The number of hydrogen-bond donors (Lipinski definition) is 2. The minimum atomic E-state index is -0.725. The number of nitrogens with zero attached hydrogens (tertiary/aromatic N) is 1. The molecule has 2 fully saturated rings. The molecule has 2 bridgehead atoms. The van der Waals surface area contributed by atoms with Gasteiger partial charge < -0.3 is 29.4 Å². The van der Waals surface area contributed by atoms with Crippen LogP contribution in [0.3, 0.4) is 0 Å². The van der Waals surface area contributed by atoms with Crippen molar-refractivity contribution in [1.29, 1.82) is 0 Å². The molecule has 4 atom stereocenters. The Balaban J connectivity index is 1.04. The molecule has 4 aliphatic rings. The second-order valence-electron chi connectivity index (χ2n) is 9.68. The Morgan fingerprint density at radius 2 is 2.06 bits per heavy atom. The maximum atomic E-state index is 13.5. The first-order valence-electron chi connectivity index (χ1n) is 12.0. The Morgan fingerprint density at radius 3 is 3.00 bits per heavy atom. The number of ether oxygens (including phenoxy) is 3. The van der Waals surface area contributed by atoms with Crippen molar-refractivity contribution in [2.45, 2.75) is 24.7 Å². The maximum Gasteiger partial charge on any atom is 0.231 e. The van der Waals surface area contributed by atoms with E-state index in [2.05, 4.69) is 16.4 Å². The molecule has 178 valence electrons. The summed E-state index contributed by atoms with van der Waals surface area (Å²) >= 11 is 0. The molecule has 0 radical (unpaired) electrons. The molecular formula is C27H25N3O5. The molecule has 1 aromatic heterocycles. The highest BCUT2D eigenvalue weighted by Crippen LogP contribution is 2.52. The van der Waals surface area contributed by atoms with Crippen LogP contribution in [0.15, 0.2) is 60.8 Å². The first-order chi connectivity index (χ1) is 17.1. The Kier molecular flexibility index (Phi) is 4.48. The molecule has 2 N–H and O–H groups in total. The Labute approximate surface area is 201 Å². The highest BCUT2D eigenvalue weighted by atomic mass is 16.7. The Hall–Kier alpha value is -3.78. The van der Waals surface area contributed by atoms with Crippen LogP contribution in [0.1, 0.15) is 11.1 Å². The summed E-state index contributed by atoms with van der Waals surface area (Å²) in [5, 5.41) is 4.23. The van der Waals surface area contributed by atoms with Crippen LogP contribution in [0.25, 0.3) is 10.9 Å². The molecule has 0 aliphatic carbocycles. The van der Waals surface area contributed by atoms with Crippen molar-refractivity contribution in [2.75, 3.05) is 19.9 Å². The smallest absolute Gasteiger partial charge is 0.231 e. The highest BCUT2D eigenvalue weighted by Gasteiger charge is 2.66. The van der Waals surface area contributed by atoms with Gasteiger partial charge in [-0.25, -0.2) is 0 Å². The minimum absolute atomic E-state index is 0.0358. The number of carbonyl (C=O) groups excluding carboxylic acids is 2. The lowest BCUT2D eigenvalue weighted by molar-refractivity contribution is -0.137. The minimum Gasteiger partial charge on any atom is -0.454 e. The molecule has 5 heterocycles. The predicted octanol–water partition coefficient (Wildman–Crippen LogP) is 2.54. The lowest BCUT2D eigenvalue weighted by atomic mass is 9.77. The second-order valence-corrected chi connectivity index (χ2v) is 9.68. The van der Waals surface area contributed by atoms with Crippen LogP contribution in [0.4, 0.5) is 0 Å². The van der Waals surface area contributed by atoms with Crippen molar-refractivity contribution in [3.05, 3.63) is 71.9 Å². The van der Waals surface area contributed by atoms with Gasteiger partial charge in [0.2, 0.25) is 18.6 Å². The number of aromatic amines is 1. The predicted molar refractivity (Wildman–Crippen MR) is 127 cm³/mol. The van der Waals surface area contributed by atoms with Gasteiger partial charge >= 0.3 is 0 Å². The Morgan fingerprint density at radius 1 is 1.17 bits per heavy atom. The first-order valence-corrected chi connectivity index (χ1v) is 12.0. The van der Waals surface area contributed by atoms with E-state index in [4.69, 9.17) is 14.2 Å². The molecule has 7 rings (SSSR count). The molecule has 2 saturated heterocycles. The van der Waals surface area contributed by atoms with Gasteiger partial charge in [-0.3, -0.25) is 9.59 Å². The third-order valence-electron chi connectivity index (χ3n) is 7.66. The van der Waals surface area contributed by atoms with Crippen LogP contribution in [0.5, 0.6) is 11.5 Å². The van der Waals surface area contributed by atoms with E-state index < -0.39 is 17.4 Å². The van der Waals surface area contributed by atoms with E-state index in [9.17, 15) is 9.59 Å². The maximum absolute atomic E-state index is 13.5. The third kappa shape index (κ3) is 3.16. The molecule has 0 saturated carbocycles. The van der Waals surface area contributed by atoms with Crippen molar-refractivity contribution in [3.63, 3.8) is 0 Å². The van der Waals surface area contributed by atoms with Crippen LogP contribution in [0, 0.1) is 11.8 Å². The van der Waals surface area contributed by atoms with E-state index in [1.807, 2.05) is 54.7 Å². The van der Waals surface area contributed by atoms with E-state index in [1.54, 1.807) is 4.90 Å². The topological polar surface area (TPSA) is 92.9 Å². The zero-order valence-electron chi connectivity index (χ0n) is 19.0. The van der Waals surface area contributed by atoms with Gasteiger partial charge in [-0.1, -0.05) is 36.4 Å². The van der Waals surface area contributed by atoms with Crippen LogP contribution in [0.2, 0.25) is 0 Å². The molecule has 8 heteroatoms. The Bertz CT molecular complexity index is 1380. The number of carbonyl (C=O) groups is 2. The number of likely N-dealkylation sites (tertiary alicyclic amines) is 1. The summed E-state index contributed by atoms with van der Waals surface area (Å²) < 4.78 is 17.1. The fourth-order valence-electron chi connectivity index (χ4n) is 6.05. The number of para-hydroxylation sites is 1. The largest absolute Gasteiger partial charge is 0.454 e. The van der Waals surface area contributed by atoms with Gasteiger partial charge in [0.1, 0.15) is 5.60 Å². The van der Waals surface area contributed by atoms with E-state index in [0.717, 1.165) is 22.0 Å². The van der Waals surface area contributed by atoms with Crippen molar-refractivity contribution in [1.82, 2.24) is 15.2 Å². The van der Waals surface area contributed by atoms with Gasteiger partial charge in [0.25, 0.3) is 0 Å². The normalized spacial score (nSPS) is 27.7. The summed E-state index contributed by atoms with van der Waals surface area (Å²) in [4.78, 5) is 31.8. The summed E-state index contributed by atoms with van der Waals surface area (Å²) in [6.45, 7) is 1.59. The van der Waals surface area contributed by atoms with E-state index in [0.29, 0.717) is 37.6 Å². The molecule has 4 aliphatic heterocycles. The van der Waals surface area contributed by atoms with Crippen molar-refractivity contribution < 1.29 is 23.8 Å². The van der Waals surface area contributed by atoms with Gasteiger partial charge in [0.15, 0.2) is 11.5 Å². The van der Waals surface area contributed by atoms with Gasteiger partial charge in [0, 0.05) is 30.2 Å². The van der Waals surface area contributed by atoms with E-state index in [-0.39, 0.29) is 24.7 Å². The number of benzene rings is 2. The van der Waals surface area contributed by atoms with Crippen molar-refractivity contribution in [3.8, 4) is 11.5 Å². The lowest BCUT2D eigenvalue weighted by Gasteiger charge is -2.23. The number of amides is 2. The average molecular weight is 472 g/mol. The molecule has 1 spiro atoms. The molecule has 2 aromatic carbocycles. The summed E-state index contributed by atoms with van der Waals surface area (Å²) in [6, 6.07) is 13.8. The SMILES string of the molecule is O=C(NCCc1c[nH]c2ccccc12)C1C2C(=O)N(Cc3ccc4c(c3)OCO4)C[C@]23C=C[C@H]1O3. The molecule has 35 heavy (non-hydrogen) atoms. The monoisotopic (exact) mass is 471 g/mol. The summed E-state index contributed by atoms with van der Waals surface area (Å²) in [7, 11) is 0. The quantitative estimate of drug-likeness (QED) is 0.539. The molecular weight excluding hydrogens is 446 g/mol. The zero-order chi connectivity index (χ0) is 23.6. The van der Waals surface area contributed by atoms with Crippen LogP contribution in [-0.2, 0) is 27.3 Å². The zero-order valence-corrected chi connectivity index (χ0v) is 19.0. The van der Waals surface area contributed by atoms with E-state index in [1.165, 1.54) is 0 Å². The summed E-state index contributed by atoms with van der Waals surface area (Å²) in [6.07, 6.45) is 6.27. The number of H-pyrrole nitrogens is 1. The number of fused-ring (bicyclic) bond motifs is 3. The van der Waals surface area contributed by atoms with E-state index >= 15 is 0 Å². The standard InChI is InChI=1S/C27H25N3O5/c31-25(28-10-8-17-12-29-19-4-2-1-3-18(17)19)23-21-7-9-27(35-21)14-30(26(32)24(23)27)13-16-5-6-20-22(11-16)34-15-33-20/h1-7,9,11-12,21,23-24,29H,8,10,13-15H2,(H,28,31)/t21-,23?,24?,27-/m1/s1. The first kappa shape index (κ1) is 20.6. The molecule has 2 unspecified atom stereocenters. The number of rotatable bonds is 6. The molecule has 3 aromatic rings. The van der Waals surface area contributed by atoms with Crippen LogP contribution < -0.4 is 14.8 Å². The summed E-state index contributed by atoms with van der Waals surface area (Å²) in [5.74, 6) is 0.232. The second kappa shape index (κ2) is 7.61. The number of hydrogen-bond acceptors (Lipinski definition) is 5. The van der Waals surface area contributed by atoms with Gasteiger partial charge in [-0.15, -0.1) is 0 Å². The van der Waals surface area contributed by atoms with Crippen LogP contribution >= 0.6 is 0 Å². The number of nitrogens with one attached hydrogen (secondary N) is 2. The van der Waals surface area contributed by atoms with Crippen molar-refractivity contribution >= 4 is 22.7 Å². The molecule has 8 nitrogen and oxygen atoms in total. The highest BCUT2D eigenvalue weighted by molar-refractivity contribution is 5.93. The fraction of sp³-hybridized carbons (Fsp3) is 0.333. The van der Waals surface area contributed by atoms with Crippen LogP contribution in [-0.4, -0.2) is 53.3 Å².